The molecule has 0 bridgehead atoms. The first-order valence-electron chi connectivity index (χ1n) is 5.39. The quantitative estimate of drug-likeness (QED) is 0.681. The van der Waals surface area contributed by atoms with Crippen LogP contribution in [-0.2, 0) is 6.42 Å². The van der Waals surface area contributed by atoms with Gasteiger partial charge in [0.15, 0.2) is 5.78 Å². The molecule has 0 aliphatic carbocycles. The summed E-state index contributed by atoms with van der Waals surface area (Å²) in [7, 11) is 0. The van der Waals surface area contributed by atoms with Crippen molar-refractivity contribution in [3.05, 3.63) is 68.1 Å². The van der Waals surface area contributed by atoms with Gasteiger partial charge in [-0.15, -0.1) is 0 Å². The van der Waals surface area contributed by atoms with Crippen LogP contribution in [0.15, 0.2) is 45.3 Å². The van der Waals surface area contributed by atoms with Gasteiger partial charge in [0.2, 0.25) is 0 Å². The molecule has 0 aromatic heterocycles. The first-order valence-corrected chi connectivity index (χ1v) is 6.98. The number of ketones is 1. The Bertz CT molecular complexity index is 641. The third-order valence-corrected chi connectivity index (χ3v) is 3.83. The van der Waals surface area contributed by atoms with Crippen LogP contribution < -0.4 is 0 Å². The molecule has 0 heterocycles. The molecule has 2 aromatic carbocycles. The number of carbonyl (C=O) groups excluding carboxylic acids is 1. The van der Waals surface area contributed by atoms with Crippen molar-refractivity contribution < 1.29 is 13.6 Å². The summed E-state index contributed by atoms with van der Waals surface area (Å²) in [5.41, 5.74) is 0.636. The Hall–Kier alpha value is -1.07. The summed E-state index contributed by atoms with van der Waals surface area (Å²) in [6, 6.07) is 8.25. The van der Waals surface area contributed by atoms with E-state index in [1.807, 2.05) is 0 Å². The summed E-state index contributed by atoms with van der Waals surface area (Å²) in [6.07, 6.45) is 0.00817. The zero-order valence-corrected chi connectivity index (χ0v) is 12.8. The van der Waals surface area contributed by atoms with E-state index in [1.54, 1.807) is 0 Å². The van der Waals surface area contributed by atoms with E-state index in [9.17, 15) is 13.6 Å². The Kier molecular flexibility index (Phi) is 4.47. The van der Waals surface area contributed by atoms with E-state index in [0.717, 1.165) is 0 Å². The molecule has 0 fully saturated rings. The van der Waals surface area contributed by atoms with Crippen LogP contribution in [0.1, 0.15) is 15.9 Å². The van der Waals surface area contributed by atoms with Crippen LogP contribution in [-0.4, -0.2) is 5.78 Å². The van der Waals surface area contributed by atoms with Crippen LogP contribution in [0.3, 0.4) is 0 Å². The minimum absolute atomic E-state index is 0.00817. The van der Waals surface area contributed by atoms with Crippen LogP contribution in [0.5, 0.6) is 0 Å². The zero-order valence-electron chi connectivity index (χ0n) is 9.59. The normalized spacial score (nSPS) is 10.5. The second-order valence-electron chi connectivity index (χ2n) is 3.96. The van der Waals surface area contributed by atoms with Gasteiger partial charge in [0.05, 0.1) is 5.56 Å². The Morgan fingerprint density at radius 3 is 2.47 bits per heavy atom. The Labute approximate surface area is 125 Å². The fraction of sp³-hybridized carbons (Fsp3) is 0.0714. The molecule has 0 atom stereocenters. The lowest BCUT2D eigenvalue weighted by atomic mass is 10.0. The lowest BCUT2D eigenvalue weighted by molar-refractivity contribution is 0.0989. The molecule has 1 nitrogen and oxygen atoms in total. The average molecular weight is 390 g/mol. The van der Waals surface area contributed by atoms with Gasteiger partial charge in [-0.3, -0.25) is 4.79 Å². The summed E-state index contributed by atoms with van der Waals surface area (Å²) in [5.74, 6) is -1.31. The molecule has 0 aliphatic heterocycles. The fourth-order valence-corrected chi connectivity index (χ4v) is 2.50. The predicted octanol–water partition coefficient (Wildman–Crippen LogP) is 4.92. The van der Waals surface area contributed by atoms with Gasteiger partial charge in [-0.1, -0.05) is 37.9 Å². The largest absolute Gasteiger partial charge is 0.294 e. The third-order valence-electron chi connectivity index (χ3n) is 2.59. The zero-order chi connectivity index (χ0) is 14.0. The molecule has 5 heteroatoms. The van der Waals surface area contributed by atoms with Gasteiger partial charge in [-0.05, 0) is 35.9 Å². The van der Waals surface area contributed by atoms with E-state index in [-0.39, 0.29) is 17.8 Å². The van der Waals surface area contributed by atoms with E-state index >= 15 is 0 Å². The number of Topliss-reactive ketones (excluding diaryl/α,β-unsaturated/α-hetero) is 1. The Morgan fingerprint density at radius 2 is 1.79 bits per heavy atom. The lowest BCUT2D eigenvalue weighted by Gasteiger charge is -2.06. The lowest BCUT2D eigenvalue weighted by Crippen LogP contribution is -2.07. The summed E-state index contributed by atoms with van der Waals surface area (Å²) in [5, 5.41) is 0. The van der Waals surface area contributed by atoms with Crippen LogP contribution in [0.2, 0.25) is 0 Å². The molecule has 98 valence electrons. The van der Waals surface area contributed by atoms with Gasteiger partial charge in [-0.25, -0.2) is 8.78 Å². The van der Waals surface area contributed by atoms with Crippen molar-refractivity contribution in [2.24, 2.45) is 0 Å². The molecule has 0 radical (unpaired) electrons. The fourth-order valence-electron chi connectivity index (χ4n) is 1.64. The number of hydrogen-bond donors (Lipinski definition) is 0. The maximum absolute atomic E-state index is 13.6. The molecular formula is C14H8Br2F2O. The van der Waals surface area contributed by atoms with Gasteiger partial charge in [0.1, 0.15) is 11.6 Å². The molecule has 2 rings (SSSR count). The second-order valence-corrected chi connectivity index (χ2v) is 5.73. The first kappa shape index (κ1) is 14.3. The molecular weight excluding hydrogens is 382 g/mol. The molecule has 0 amide bonds. The Morgan fingerprint density at radius 1 is 1.05 bits per heavy atom. The van der Waals surface area contributed by atoms with Gasteiger partial charge in [0.25, 0.3) is 0 Å². The van der Waals surface area contributed by atoms with Crippen molar-refractivity contribution in [3.8, 4) is 0 Å². The minimum Gasteiger partial charge on any atom is -0.294 e. The molecule has 2 aromatic rings. The van der Waals surface area contributed by atoms with Gasteiger partial charge < -0.3 is 0 Å². The molecule has 0 saturated carbocycles. The highest BCUT2D eigenvalue weighted by Gasteiger charge is 2.14. The van der Waals surface area contributed by atoms with Crippen molar-refractivity contribution in [1.29, 1.82) is 0 Å². The van der Waals surface area contributed by atoms with Gasteiger partial charge in [0, 0.05) is 15.4 Å². The molecule has 0 saturated heterocycles. The topological polar surface area (TPSA) is 17.1 Å². The summed E-state index contributed by atoms with van der Waals surface area (Å²) >= 11 is 6.38. The first-order chi connectivity index (χ1) is 8.97. The van der Waals surface area contributed by atoms with E-state index < -0.39 is 11.6 Å². The highest BCUT2D eigenvalue weighted by atomic mass is 79.9. The minimum atomic E-state index is -0.563. The monoisotopic (exact) mass is 388 g/mol. The number of carbonyl (C=O) groups is 1. The van der Waals surface area contributed by atoms with Crippen molar-refractivity contribution in [3.63, 3.8) is 0 Å². The van der Waals surface area contributed by atoms with E-state index in [0.29, 0.717) is 14.5 Å². The average Bonchev–Trinajstić information content (AvgIpc) is 2.35. The summed E-state index contributed by atoms with van der Waals surface area (Å²) in [6.45, 7) is 0. The highest BCUT2D eigenvalue weighted by molar-refractivity contribution is 9.10. The molecule has 0 spiro atoms. The van der Waals surface area contributed by atoms with E-state index in [1.165, 1.54) is 36.4 Å². The summed E-state index contributed by atoms with van der Waals surface area (Å²) < 4.78 is 27.6. The third kappa shape index (κ3) is 3.48. The SMILES string of the molecule is O=C(Cc1ccc(F)cc1Br)c1cc(Br)ccc1F. The van der Waals surface area contributed by atoms with Crippen molar-refractivity contribution in [2.75, 3.05) is 0 Å². The van der Waals surface area contributed by atoms with Crippen LogP contribution in [0.4, 0.5) is 8.78 Å². The van der Waals surface area contributed by atoms with E-state index in [4.69, 9.17) is 0 Å². The highest BCUT2D eigenvalue weighted by Crippen LogP contribution is 2.22. The number of hydrogen-bond acceptors (Lipinski definition) is 1. The van der Waals surface area contributed by atoms with Crippen LogP contribution in [0.25, 0.3) is 0 Å². The number of halogens is 4. The smallest absolute Gasteiger partial charge is 0.170 e. The molecule has 19 heavy (non-hydrogen) atoms. The van der Waals surface area contributed by atoms with Crippen molar-refractivity contribution in [1.82, 2.24) is 0 Å². The molecule has 0 unspecified atom stereocenters. The second kappa shape index (κ2) is 5.92. The number of rotatable bonds is 3. The maximum Gasteiger partial charge on any atom is 0.170 e. The maximum atomic E-state index is 13.6. The Balaban J connectivity index is 2.28. The standard InChI is InChI=1S/C14H8Br2F2O/c15-9-2-4-13(18)11(6-9)14(19)5-8-1-3-10(17)7-12(8)16/h1-4,6-7H,5H2. The van der Waals surface area contributed by atoms with E-state index in [2.05, 4.69) is 31.9 Å². The van der Waals surface area contributed by atoms with Gasteiger partial charge in [-0.2, -0.15) is 0 Å². The van der Waals surface area contributed by atoms with Crippen molar-refractivity contribution >= 4 is 37.6 Å². The van der Waals surface area contributed by atoms with Crippen molar-refractivity contribution in [2.45, 2.75) is 6.42 Å². The molecule has 0 N–H and O–H groups in total. The van der Waals surface area contributed by atoms with Crippen LogP contribution in [0, 0.1) is 11.6 Å². The van der Waals surface area contributed by atoms with Crippen LogP contribution >= 0.6 is 31.9 Å². The predicted molar refractivity (Wildman–Crippen MR) is 76.2 cm³/mol. The summed E-state index contributed by atoms with van der Waals surface area (Å²) in [4.78, 5) is 12.0. The van der Waals surface area contributed by atoms with Gasteiger partial charge >= 0.3 is 0 Å². The molecule has 0 aliphatic rings. The number of benzene rings is 2.